The van der Waals surface area contributed by atoms with Crippen LogP contribution in [-0.4, -0.2) is 10.9 Å². The van der Waals surface area contributed by atoms with Gasteiger partial charge in [-0.3, -0.25) is 5.26 Å². The zero-order valence-electron chi connectivity index (χ0n) is 7.85. The third-order valence-corrected chi connectivity index (χ3v) is 1.55. The van der Waals surface area contributed by atoms with Gasteiger partial charge in [-0.15, -0.1) is 0 Å². The summed E-state index contributed by atoms with van der Waals surface area (Å²) in [5, 5.41) is 8.44. The van der Waals surface area contributed by atoms with Gasteiger partial charge in [0, 0.05) is 0 Å². The summed E-state index contributed by atoms with van der Waals surface area (Å²) in [5.74, 6) is 0. The van der Waals surface area contributed by atoms with Gasteiger partial charge in [0.25, 0.3) is 0 Å². The maximum atomic E-state index is 8.44. The Morgan fingerprint density at radius 3 is 2.36 bits per heavy atom. The summed E-state index contributed by atoms with van der Waals surface area (Å²) in [7, 11) is 0. The molecule has 0 saturated carbocycles. The van der Waals surface area contributed by atoms with E-state index in [1.165, 1.54) is 5.57 Å². The van der Waals surface area contributed by atoms with Gasteiger partial charge in [0.2, 0.25) is 0 Å². The van der Waals surface area contributed by atoms with Crippen molar-refractivity contribution in [3.05, 3.63) is 11.6 Å². The van der Waals surface area contributed by atoms with Gasteiger partial charge in [-0.05, 0) is 40.5 Å². The zero-order chi connectivity index (χ0) is 8.91. The first kappa shape index (κ1) is 10.7. The highest BCUT2D eigenvalue weighted by atomic mass is 17.1. The minimum atomic E-state index is -0.411. The van der Waals surface area contributed by atoms with E-state index >= 15 is 0 Å². The van der Waals surface area contributed by atoms with E-state index in [-0.39, 0.29) is 0 Å². The van der Waals surface area contributed by atoms with Crippen molar-refractivity contribution in [1.29, 1.82) is 0 Å². The third-order valence-electron chi connectivity index (χ3n) is 1.55. The normalized spacial score (nSPS) is 11.4. The lowest BCUT2D eigenvalue weighted by molar-refractivity contribution is -0.313. The molecule has 0 amide bonds. The third kappa shape index (κ3) is 6.07. The fourth-order valence-corrected chi connectivity index (χ4v) is 0.754. The van der Waals surface area contributed by atoms with Crippen molar-refractivity contribution in [2.24, 2.45) is 0 Å². The van der Waals surface area contributed by atoms with Crippen LogP contribution in [0.25, 0.3) is 0 Å². The molecule has 0 spiro atoms. The number of rotatable bonds is 4. The second-order valence-corrected chi connectivity index (χ2v) is 3.67. The van der Waals surface area contributed by atoms with E-state index in [1.54, 1.807) is 0 Å². The summed E-state index contributed by atoms with van der Waals surface area (Å²) in [4.78, 5) is 4.29. The lowest BCUT2D eigenvalue weighted by Gasteiger charge is -2.18. The molecule has 0 heterocycles. The van der Waals surface area contributed by atoms with Crippen LogP contribution in [-0.2, 0) is 4.89 Å². The molecular formula is C9H18O2. The Hall–Kier alpha value is -0.340. The van der Waals surface area contributed by atoms with Crippen LogP contribution < -0.4 is 0 Å². The van der Waals surface area contributed by atoms with Crippen LogP contribution in [0.1, 0.15) is 40.5 Å². The van der Waals surface area contributed by atoms with Gasteiger partial charge >= 0.3 is 0 Å². The lowest BCUT2D eigenvalue weighted by Crippen LogP contribution is -2.21. The Morgan fingerprint density at radius 1 is 1.45 bits per heavy atom. The van der Waals surface area contributed by atoms with E-state index in [0.29, 0.717) is 0 Å². The van der Waals surface area contributed by atoms with Gasteiger partial charge in [0.15, 0.2) is 0 Å². The van der Waals surface area contributed by atoms with Gasteiger partial charge in [-0.1, -0.05) is 11.6 Å². The van der Waals surface area contributed by atoms with Crippen molar-refractivity contribution in [3.63, 3.8) is 0 Å². The van der Waals surface area contributed by atoms with Gasteiger partial charge < -0.3 is 0 Å². The molecule has 0 saturated heterocycles. The molecule has 0 aliphatic carbocycles. The van der Waals surface area contributed by atoms with E-state index in [0.717, 1.165) is 12.8 Å². The standard InChI is InChI=1S/C9H18O2/c1-8(2)6-5-7-9(3,4)11-10/h6,10H,5,7H2,1-4H3. The summed E-state index contributed by atoms with van der Waals surface area (Å²) in [6, 6.07) is 0. The molecule has 2 heteroatoms. The Balaban J connectivity index is 3.62. The minimum Gasteiger partial charge on any atom is -0.251 e. The van der Waals surface area contributed by atoms with Crippen LogP contribution in [0.5, 0.6) is 0 Å². The highest BCUT2D eigenvalue weighted by molar-refractivity contribution is 4.93. The summed E-state index contributed by atoms with van der Waals surface area (Å²) in [6.45, 7) is 7.86. The van der Waals surface area contributed by atoms with Gasteiger partial charge in [-0.25, -0.2) is 4.89 Å². The Bertz CT molecular complexity index is 132. The second kappa shape index (κ2) is 4.52. The van der Waals surface area contributed by atoms with Crippen LogP contribution in [0.15, 0.2) is 11.6 Å². The molecule has 0 aromatic carbocycles. The maximum Gasteiger partial charge on any atom is 0.0980 e. The Labute approximate surface area is 68.8 Å². The highest BCUT2D eigenvalue weighted by Crippen LogP contribution is 2.15. The molecule has 1 N–H and O–H groups in total. The molecule has 2 nitrogen and oxygen atoms in total. The van der Waals surface area contributed by atoms with Crippen molar-refractivity contribution < 1.29 is 10.1 Å². The molecule has 0 rings (SSSR count). The van der Waals surface area contributed by atoms with Crippen molar-refractivity contribution >= 4 is 0 Å². The van der Waals surface area contributed by atoms with Crippen molar-refractivity contribution in [2.45, 2.75) is 46.1 Å². The topological polar surface area (TPSA) is 29.5 Å². The highest BCUT2D eigenvalue weighted by Gasteiger charge is 2.16. The molecular weight excluding hydrogens is 140 g/mol. The zero-order valence-corrected chi connectivity index (χ0v) is 7.85. The van der Waals surface area contributed by atoms with Crippen molar-refractivity contribution in [2.75, 3.05) is 0 Å². The van der Waals surface area contributed by atoms with Crippen molar-refractivity contribution in [3.8, 4) is 0 Å². The molecule has 66 valence electrons. The second-order valence-electron chi connectivity index (χ2n) is 3.67. The van der Waals surface area contributed by atoms with Crippen LogP contribution in [0.3, 0.4) is 0 Å². The van der Waals surface area contributed by atoms with Crippen LogP contribution in [0, 0.1) is 0 Å². The van der Waals surface area contributed by atoms with E-state index in [1.807, 2.05) is 13.8 Å². The molecule has 0 atom stereocenters. The molecule has 0 fully saturated rings. The summed E-state index contributed by atoms with van der Waals surface area (Å²) in [5.41, 5.74) is 0.894. The molecule has 0 aromatic heterocycles. The average Bonchev–Trinajstić information content (AvgIpc) is 1.87. The minimum absolute atomic E-state index is 0.411. The molecule has 11 heavy (non-hydrogen) atoms. The first-order valence-electron chi connectivity index (χ1n) is 3.94. The first-order chi connectivity index (χ1) is 4.98. The van der Waals surface area contributed by atoms with Crippen molar-refractivity contribution in [1.82, 2.24) is 0 Å². The number of hydrogen-bond acceptors (Lipinski definition) is 2. The fraction of sp³-hybridized carbons (Fsp3) is 0.778. The SMILES string of the molecule is CC(C)=CCCC(C)(C)OO. The predicted molar refractivity (Wildman–Crippen MR) is 46.5 cm³/mol. The molecule has 0 aliphatic rings. The Kier molecular flexibility index (Phi) is 4.38. The van der Waals surface area contributed by atoms with E-state index in [4.69, 9.17) is 5.26 Å². The fourth-order valence-electron chi connectivity index (χ4n) is 0.754. The number of allylic oxidation sites excluding steroid dienone is 2. The predicted octanol–water partition coefficient (Wildman–Crippen LogP) is 3.00. The lowest BCUT2D eigenvalue weighted by atomic mass is 10.0. The summed E-state index contributed by atoms with van der Waals surface area (Å²) < 4.78 is 0. The first-order valence-corrected chi connectivity index (χ1v) is 3.94. The Morgan fingerprint density at radius 2 is 2.00 bits per heavy atom. The smallest absolute Gasteiger partial charge is 0.0980 e. The van der Waals surface area contributed by atoms with Crippen LogP contribution in [0.2, 0.25) is 0 Å². The van der Waals surface area contributed by atoms with Crippen LogP contribution in [0.4, 0.5) is 0 Å². The summed E-state index contributed by atoms with van der Waals surface area (Å²) in [6.07, 6.45) is 3.94. The van der Waals surface area contributed by atoms with E-state index < -0.39 is 5.60 Å². The largest absolute Gasteiger partial charge is 0.251 e. The quantitative estimate of drug-likeness (QED) is 0.387. The summed E-state index contributed by atoms with van der Waals surface area (Å²) >= 11 is 0. The monoisotopic (exact) mass is 158 g/mol. The van der Waals surface area contributed by atoms with E-state index in [9.17, 15) is 0 Å². The van der Waals surface area contributed by atoms with E-state index in [2.05, 4.69) is 24.8 Å². The average molecular weight is 158 g/mol. The molecule has 0 unspecified atom stereocenters. The van der Waals surface area contributed by atoms with Gasteiger partial charge in [0.1, 0.15) is 0 Å². The van der Waals surface area contributed by atoms with Gasteiger partial charge in [-0.2, -0.15) is 0 Å². The van der Waals surface area contributed by atoms with Gasteiger partial charge in [0.05, 0.1) is 5.60 Å². The number of hydrogen-bond donors (Lipinski definition) is 1. The molecule has 0 aromatic rings. The molecule has 0 radical (unpaired) electrons. The molecule has 0 bridgehead atoms. The molecule has 0 aliphatic heterocycles. The van der Waals surface area contributed by atoms with Crippen LogP contribution >= 0.6 is 0 Å². The maximum absolute atomic E-state index is 8.44.